The summed E-state index contributed by atoms with van der Waals surface area (Å²) in [5, 5.41) is 29.7. The van der Waals surface area contributed by atoms with E-state index in [4.69, 9.17) is 5.11 Å². The largest absolute Gasteiger partial charge is 0.508 e. The zero-order valence-corrected chi connectivity index (χ0v) is 10.1. The number of carboxylic acid groups (broad SMARTS) is 1. The number of carboxylic acids is 1. The van der Waals surface area contributed by atoms with E-state index in [9.17, 15) is 19.8 Å². The normalized spacial score (nSPS) is 10.0. The van der Waals surface area contributed by atoms with Crippen LogP contribution in [0, 0.1) is 0 Å². The summed E-state index contributed by atoms with van der Waals surface area (Å²) in [4.78, 5) is 26.3. The lowest BCUT2D eigenvalue weighted by atomic mass is 10.2. The number of aromatic nitrogens is 1. The predicted molar refractivity (Wildman–Crippen MR) is 68.9 cm³/mol. The maximum Gasteiger partial charge on any atom is 0.337 e. The van der Waals surface area contributed by atoms with E-state index < -0.39 is 11.9 Å². The second-order valence-corrected chi connectivity index (χ2v) is 3.93. The molecule has 0 saturated heterocycles. The first-order valence-electron chi connectivity index (χ1n) is 5.49. The summed E-state index contributed by atoms with van der Waals surface area (Å²) in [5.74, 6) is -2.04. The highest BCUT2D eigenvalue weighted by atomic mass is 16.4. The number of rotatable bonds is 3. The minimum Gasteiger partial charge on any atom is -0.508 e. The van der Waals surface area contributed by atoms with Gasteiger partial charge in [-0.25, -0.2) is 9.78 Å². The molecule has 0 aliphatic carbocycles. The van der Waals surface area contributed by atoms with Crippen LogP contribution in [-0.4, -0.2) is 32.2 Å². The van der Waals surface area contributed by atoms with Crippen LogP contribution in [0.2, 0.25) is 0 Å². The quantitative estimate of drug-likeness (QED) is 0.672. The van der Waals surface area contributed by atoms with Crippen LogP contribution in [-0.2, 0) is 0 Å². The first-order chi connectivity index (χ1) is 9.45. The summed E-state index contributed by atoms with van der Waals surface area (Å²) >= 11 is 0. The van der Waals surface area contributed by atoms with Gasteiger partial charge in [0.1, 0.15) is 17.3 Å². The van der Waals surface area contributed by atoms with Gasteiger partial charge in [-0.3, -0.25) is 4.79 Å². The van der Waals surface area contributed by atoms with E-state index in [1.807, 2.05) is 0 Å². The summed E-state index contributed by atoms with van der Waals surface area (Å²) in [6.45, 7) is 0. The first kappa shape index (κ1) is 13.3. The minimum absolute atomic E-state index is 0.00185. The highest BCUT2D eigenvalue weighted by molar-refractivity contribution is 6.04. The van der Waals surface area contributed by atoms with Crippen molar-refractivity contribution in [2.75, 3.05) is 5.32 Å². The maximum absolute atomic E-state index is 11.8. The molecule has 1 aromatic heterocycles. The molecule has 0 spiro atoms. The summed E-state index contributed by atoms with van der Waals surface area (Å²) in [7, 11) is 0. The summed E-state index contributed by atoms with van der Waals surface area (Å²) in [6, 6.07) is 6.09. The zero-order chi connectivity index (χ0) is 14.7. The number of carbonyl (C=O) groups excluding carboxylic acids is 1. The average Bonchev–Trinajstić information content (AvgIpc) is 2.38. The van der Waals surface area contributed by atoms with Gasteiger partial charge in [-0.1, -0.05) is 0 Å². The molecule has 0 bridgehead atoms. The second kappa shape index (κ2) is 5.27. The second-order valence-electron chi connectivity index (χ2n) is 3.93. The molecule has 102 valence electrons. The lowest BCUT2D eigenvalue weighted by Gasteiger charge is -2.05. The molecule has 0 aliphatic rings. The number of nitrogens with one attached hydrogen (secondary N) is 1. The van der Waals surface area contributed by atoms with Gasteiger partial charge in [0.15, 0.2) is 0 Å². The standard InChI is InChI=1S/C13H10N2O5/c16-9-3-8(4-10(17)5-9)12(18)15-11-2-1-7(6-14-11)13(19)20/h1-6,16-17H,(H,19,20)(H,14,15,18). The van der Waals surface area contributed by atoms with Crippen molar-refractivity contribution in [2.24, 2.45) is 0 Å². The van der Waals surface area contributed by atoms with Gasteiger partial charge in [-0.2, -0.15) is 0 Å². The molecule has 7 nitrogen and oxygen atoms in total. The van der Waals surface area contributed by atoms with Gasteiger partial charge in [0.25, 0.3) is 5.91 Å². The number of anilines is 1. The van der Waals surface area contributed by atoms with Gasteiger partial charge in [-0.15, -0.1) is 0 Å². The Balaban J connectivity index is 2.16. The molecule has 0 atom stereocenters. The molecular weight excluding hydrogens is 264 g/mol. The van der Waals surface area contributed by atoms with E-state index in [0.717, 1.165) is 12.3 Å². The highest BCUT2D eigenvalue weighted by Gasteiger charge is 2.10. The smallest absolute Gasteiger partial charge is 0.337 e. The molecule has 0 aliphatic heterocycles. The Morgan fingerprint density at radius 2 is 1.65 bits per heavy atom. The Kier molecular flexibility index (Phi) is 3.52. The van der Waals surface area contributed by atoms with Gasteiger partial charge >= 0.3 is 5.97 Å². The number of hydrogen-bond donors (Lipinski definition) is 4. The molecule has 20 heavy (non-hydrogen) atoms. The Morgan fingerprint density at radius 3 is 2.15 bits per heavy atom. The molecule has 7 heteroatoms. The van der Waals surface area contributed by atoms with Gasteiger partial charge in [0.2, 0.25) is 0 Å². The van der Waals surface area contributed by atoms with Crippen molar-refractivity contribution in [2.45, 2.75) is 0 Å². The fourth-order valence-corrected chi connectivity index (χ4v) is 1.51. The van der Waals surface area contributed by atoms with Crippen LogP contribution in [0.5, 0.6) is 11.5 Å². The zero-order valence-electron chi connectivity index (χ0n) is 10.1. The van der Waals surface area contributed by atoms with Crippen molar-refractivity contribution >= 4 is 17.7 Å². The summed E-state index contributed by atoms with van der Waals surface area (Å²) in [6.07, 6.45) is 1.11. The number of phenols is 2. The van der Waals surface area contributed by atoms with Crippen molar-refractivity contribution in [1.82, 2.24) is 4.98 Å². The predicted octanol–water partition coefficient (Wildman–Crippen LogP) is 1.44. The van der Waals surface area contributed by atoms with Gasteiger partial charge < -0.3 is 20.6 Å². The third kappa shape index (κ3) is 3.02. The van der Waals surface area contributed by atoms with E-state index in [2.05, 4.69) is 10.3 Å². The van der Waals surface area contributed by atoms with E-state index in [0.29, 0.717) is 0 Å². The van der Waals surface area contributed by atoms with Crippen LogP contribution in [0.25, 0.3) is 0 Å². The molecule has 0 unspecified atom stereocenters. The monoisotopic (exact) mass is 274 g/mol. The third-order valence-electron chi connectivity index (χ3n) is 2.42. The number of phenolic OH excluding ortho intramolecular Hbond substituents is 2. The fraction of sp³-hybridized carbons (Fsp3) is 0. The maximum atomic E-state index is 11.8. The number of aromatic hydroxyl groups is 2. The number of pyridine rings is 1. The van der Waals surface area contributed by atoms with Gasteiger partial charge in [0.05, 0.1) is 5.56 Å². The number of nitrogens with zero attached hydrogens (tertiary/aromatic N) is 1. The van der Waals surface area contributed by atoms with Crippen LogP contribution >= 0.6 is 0 Å². The fourth-order valence-electron chi connectivity index (χ4n) is 1.51. The number of amides is 1. The molecule has 2 aromatic rings. The van der Waals surface area contributed by atoms with Crippen molar-refractivity contribution < 1.29 is 24.9 Å². The lowest BCUT2D eigenvalue weighted by Crippen LogP contribution is -2.13. The van der Waals surface area contributed by atoms with Crippen molar-refractivity contribution in [3.8, 4) is 11.5 Å². The molecule has 1 heterocycles. The van der Waals surface area contributed by atoms with E-state index in [-0.39, 0.29) is 28.4 Å². The Bertz CT molecular complexity index is 647. The van der Waals surface area contributed by atoms with Crippen LogP contribution < -0.4 is 5.32 Å². The molecular formula is C13H10N2O5. The van der Waals surface area contributed by atoms with Crippen molar-refractivity contribution in [3.05, 3.63) is 47.7 Å². The third-order valence-corrected chi connectivity index (χ3v) is 2.42. The highest BCUT2D eigenvalue weighted by Crippen LogP contribution is 2.21. The molecule has 2 rings (SSSR count). The molecule has 4 N–H and O–H groups in total. The first-order valence-corrected chi connectivity index (χ1v) is 5.49. The van der Waals surface area contributed by atoms with Crippen LogP contribution in [0.4, 0.5) is 5.82 Å². The number of aromatic carboxylic acids is 1. The van der Waals surface area contributed by atoms with E-state index in [1.165, 1.54) is 24.3 Å². The van der Waals surface area contributed by atoms with Crippen molar-refractivity contribution in [1.29, 1.82) is 0 Å². The van der Waals surface area contributed by atoms with Crippen LogP contribution in [0.1, 0.15) is 20.7 Å². The molecule has 0 saturated carbocycles. The number of benzene rings is 1. The van der Waals surface area contributed by atoms with Crippen LogP contribution in [0.3, 0.4) is 0 Å². The van der Waals surface area contributed by atoms with Gasteiger partial charge in [0, 0.05) is 17.8 Å². The summed E-state index contributed by atoms with van der Waals surface area (Å²) < 4.78 is 0. The molecule has 1 amide bonds. The number of carbonyl (C=O) groups is 2. The van der Waals surface area contributed by atoms with Crippen LogP contribution in [0.15, 0.2) is 36.5 Å². The minimum atomic E-state index is -1.12. The Hall–Kier alpha value is -3.09. The van der Waals surface area contributed by atoms with E-state index >= 15 is 0 Å². The van der Waals surface area contributed by atoms with Crippen molar-refractivity contribution in [3.63, 3.8) is 0 Å². The SMILES string of the molecule is O=C(O)c1ccc(NC(=O)c2cc(O)cc(O)c2)nc1. The number of hydrogen-bond acceptors (Lipinski definition) is 5. The molecule has 0 fully saturated rings. The topological polar surface area (TPSA) is 120 Å². The van der Waals surface area contributed by atoms with E-state index in [1.54, 1.807) is 0 Å². The summed E-state index contributed by atoms with van der Waals surface area (Å²) in [5.41, 5.74) is 0.0459. The molecule has 0 radical (unpaired) electrons. The average molecular weight is 274 g/mol. The Labute approximate surface area is 113 Å². The lowest BCUT2D eigenvalue weighted by molar-refractivity contribution is 0.0696. The Morgan fingerprint density at radius 1 is 1.00 bits per heavy atom. The van der Waals surface area contributed by atoms with Gasteiger partial charge in [-0.05, 0) is 24.3 Å². The molecule has 1 aromatic carbocycles.